The molecule has 0 saturated heterocycles. The Bertz CT molecular complexity index is 183. The fraction of sp³-hybridized carbons (Fsp3) is 1.00. The maximum atomic E-state index is 5.20. The molecule has 1 saturated carbocycles. The number of ether oxygens (including phenoxy) is 1. The van der Waals surface area contributed by atoms with Crippen LogP contribution in [0.4, 0.5) is 0 Å². The number of rotatable bonds is 9. The van der Waals surface area contributed by atoms with E-state index in [1.165, 1.54) is 19.3 Å². The molecule has 16 heavy (non-hydrogen) atoms. The van der Waals surface area contributed by atoms with Gasteiger partial charge in [-0.3, -0.25) is 4.90 Å². The zero-order valence-corrected chi connectivity index (χ0v) is 11.3. The van der Waals surface area contributed by atoms with E-state index in [9.17, 15) is 0 Å². The second-order valence-electron chi connectivity index (χ2n) is 4.95. The summed E-state index contributed by atoms with van der Waals surface area (Å²) in [5.74, 6) is 0. The highest BCUT2D eigenvalue weighted by atomic mass is 16.5. The minimum atomic E-state index is 0.567. The van der Waals surface area contributed by atoms with Gasteiger partial charge in [-0.05, 0) is 39.7 Å². The molecule has 0 spiro atoms. The highest BCUT2D eigenvalue weighted by Crippen LogP contribution is 2.29. The van der Waals surface area contributed by atoms with E-state index in [1.807, 2.05) is 0 Å². The monoisotopic (exact) mass is 228 g/mol. The van der Waals surface area contributed by atoms with Crippen LogP contribution in [0.25, 0.3) is 0 Å². The lowest BCUT2D eigenvalue weighted by molar-refractivity contribution is 0.105. The van der Waals surface area contributed by atoms with E-state index in [0.717, 1.165) is 25.7 Å². The average Bonchev–Trinajstić information content (AvgIpc) is 3.10. The third kappa shape index (κ3) is 4.40. The fourth-order valence-corrected chi connectivity index (χ4v) is 2.15. The average molecular weight is 228 g/mol. The van der Waals surface area contributed by atoms with Gasteiger partial charge in [-0.15, -0.1) is 0 Å². The molecular formula is C13H28N2O. The van der Waals surface area contributed by atoms with Gasteiger partial charge in [-0.2, -0.15) is 0 Å². The first-order valence-corrected chi connectivity index (χ1v) is 6.68. The number of hydrogen-bond donors (Lipinski definition) is 1. The maximum absolute atomic E-state index is 5.20. The van der Waals surface area contributed by atoms with Crippen LogP contribution in [0, 0.1) is 0 Å². The first kappa shape index (κ1) is 13.9. The molecule has 0 radical (unpaired) electrons. The van der Waals surface area contributed by atoms with Crippen molar-refractivity contribution in [3.8, 4) is 0 Å². The summed E-state index contributed by atoms with van der Waals surface area (Å²) < 4.78 is 5.20. The highest BCUT2D eigenvalue weighted by Gasteiger charge is 2.33. The van der Waals surface area contributed by atoms with E-state index < -0.39 is 0 Å². The molecule has 0 bridgehead atoms. The molecule has 1 rings (SSSR count). The van der Waals surface area contributed by atoms with Gasteiger partial charge in [0, 0.05) is 31.8 Å². The SMILES string of the molecule is CCCNC(C)C(C)N(CCOC)C1CC1. The largest absolute Gasteiger partial charge is 0.383 e. The summed E-state index contributed by atoms with van der Waals surface area (Å²) in [5, 5.41) is 3.59. The summed E-state index contributed by atoms with van der Waals surface area (Å²) in [4.78, 5) is 2.61. The van der Waals surface area contributed by atoms with Crippen LogP contribution in [0.15, 0.2) is 0 Å². The summed E-state index contributed by atoms with van der Waals surface area (Å²) in [6.07, 6.45) is 3.95. The Hall–Kier alpha value is -0.120. The van der Waals surface area contributed by atoms with Crippen molar-refractivity contribution >= 4 is 0 Å². The summed E-state index contributed by atoms with van der Waals surface area (Å²) in [5.41, 5.74) is 0. The molecule has 3 nitrogen and oxygen atoms in total. The van der Waals surface area contributed by atoms with E-state index in [-0.39, 0.29) is 0 Å². The lowest BCUT2D eigenvalue weighted by Crippen LogP contribution is -2.49. The Balaban J connectivity index is 2.36. The minimum absolute atomic E-state index is 0.567. The van der Waals surface area contributed by atoms with Crippen LogP contribution in [-0.2, 0) is 4.74 Å². The van der Waals surface area contributed by atoms with Crippen LogP contribution < -0.4 is 5.32 Å². The predicted molar refractivity (Wildman–Crippen MR) is 68.8 cm³/mol. The quantitative estimate of drug-likeness (QED) is 0.652. The molecule has 1 aliphatic carbocycles. The highest BCUT2D eigenvalue weighted by molar-refractivity contribution is 4.90. The zero-order valence-electron chi connectivity index (χ0n) is 11.3. The fourth-order valence-electron chi connectivity index (χ4n) is 2.15. The number of hydrogen-bond acceptors (Lipinski definition) is 3. The van der Waals surface area contributed by atoms with Gasteiger partial charge >= 0.3 is 0 Å². The van der Waals surface area contributed by atoms with Gasteiger partial charge in [-0.25, -0.2) is 0 Å². The van der Waals surface area contributed by atoms with Crippen molar-refractivity contribution in [2.75, 3.05) is 26.8 Å². The van der Waals surface area contributed by atoms with Crippen molar-refractivity contribution in [3.05, 3.63) is 0 Å². The second kappa shape index (κ2) is 7.25. The molecule has 0 aliphatic heterocycles. The van der Waals surface area contributed by atoms with Gasteiger partial charge in [0.25, 0.3) is 0 Å². The van der Waals surface area contributed by atoms with E-state index in [2.05, 4.69) is 31.0 Å². The Morgan fingerprint density at radius 1 is 1.38 bits per heavy atom. The molecule has 0 amide bonds. The smallest absolute Gasteiger partial charge is 0.0589 e. The number of nitrogens with one attached hydrogen (secondary N) is 1. The van der Waals surface area contributed by atoms with Crippen molar-refractivity contribution in [1.82, 2.24) is 10.2 Å². The molecule has 2 unspecified atom stereocenters. The van der Waals surface area contributed by atoms with Gasteiger partial charge in [0.1, 0.15) is 0 Å². The van der Waals surface area contributed by atoms with Crippen molar-refractivity contribution in [3.63, 3.8) is 0 Å². The van der Waals surface area contributed by atoms with E-state index >= 15 is 0 Å². The van der Waals surface area contributed by atoms with Crippen LogP contribution in [0.2, 0.25) is 0 Å². The maximum Gasteiger partial charge on any atom is 0.0589 e. The van der Waals surface area contributed by atoms with Crippen molar-refractivity contribution in [2.24, 2.45) is 0 Å². The van der Waals surface area contributed by atoms with Crippen molar-refractivity contribution in [2.45, 2.75) is 58.2 Å². The lowest BCUT2D eigenvalue weighted by atomic mass is 10.1. The molecular weight excluding hydrogens is 200 g/mol. The molecule has 1 aliphatic rings. The third-order valence-corrected chi connectivity index (χ3v) is 3.53. The topological polar surface area (TPSA) is 24.5 Å². The summed E-state index contributed by atoms with van der Waals surface area (Å²) in [7, 11) is 1.79. The molecule has 0 aromatic heterocycles. The zero-order chi connectivity index (χ0) is 12.0. The van der Waals surface area contributed by atoms with Crippen LogP contribution in [0.1, 0.15) is 40.0 Å². The number of nitrogens with zero attached hydrogens (tertiary/aromatic N) is 1. The first-order valence-electron chi connectivity index (χ1n) is 6.68. The van der Waals surface area contributed by atoms with Crippen LogP contribution in [0.3, 0.4) is 0 Å². The second-order valence-corrected chi connectivity index (χ2v) is 4.95. The Morgan fingerprint density at radius 2 is 2.06 bits per heavy atom. The molecule has 96 valence electrons. The third-order valence-electron chi connectivity index (χ3n) is 3.53. The summed E-state index contributed by atoms with van der Waals surface area (Å²) in [6, 6.07) is 1.99. The Kier molecular flexibility index (Phi) is 6.32. The van der Waals surface area contributed by atoms with Gasteiger partial charge < -0.3 is 10.1 Å². The molecule has 3 heteroatoms. The molecule has 0 heterocycles. The Labute approximate surface area is 101 Å². The van der Waals surface area contributed by atoms with Crippen molar-refractivity contribution in [1.29, 1.82) is 0 Å². The summed E-state index contributed by atoms with van der Waals surface area (Å²) in [6.45, 7) is 9.88. The van der Waals surface area contributed by atoms with Gasteiger partial charge in [-0.1, -0.05) is 6.92 Å². The predicted octanol–water partition coefficient (Wildman–Crippen LogP) is 1.87. The first-order chi connectivity index (χ1) is 7.70. The molecule has 1 N–H and O–H groups in total. The molecule has 0 aromatic carbocycles. The van der Waals surface area contributed by atoms with Crippen LogP contribution in [-0.4, -0.2) is 49.8 Å². The van der Waals surface area contributed by atoms with E-state index in [4.69, 9.17) is 4.74 Å². The van der Waals surface area contributed by atoms with Crippen LogP contribution in [0.5, 0.6) is 0 Å². The minimum Gasteiger partial charge on any atom is -0.383 e. The van der Waals surface area contributed by atoms with Gasteiger partial charge in [0.05, 0.1) is 6.61 Å². The summed E-state index contributed by atoms with van der Waals surface area (Å²) >= 11 is 0. The standard InChI is InChI=1S/C13H28N2O/c1-5-8-14-11(2)12(3)15(9-10-16-4)13-6-7-13/h11-14H,5-10H2,1-4H3. The molecule has 0 aromatic rings. The van der Waals surface area contributed by atoms with E-state index in [1.54, 1.807) is 7.11 Å². The number of methoxy groups -OCH3 is 1. The molecule has 1 fully saturated rings. The van der Waals surface area contributed by atoms with Crippen molar-refractivity contribution < 1.29 is 4.74 Å². The lowest BCUT2D eigenvalue weighted by Gasteiger charge is -2.33. The molecule has 2 atom stereocenters. The normalized spacial score (nSPS) is 20.1. The van der Waals surface area contributed by atoms with Crippen LogP contribution >= 0.6 is 0 Å². The van der Waals surface area contributed by atoms with E-state index in [0.29, 0.717) is 12.1 Å². The van der Waals surface area contributed by atoms with Gasteiger partial charge in [0.15, 0.2) is 0 Å². The Morgan fingerprint density at radius 3 is 2.56 bits per heavy atom. The van der Waals surface area contributed by atoms with Gasteiger partial charge in [0.2, 0.25) is 0 Å².